The summed E-state index contributed by atoms with van der Waals surface area (Å²) in [6, 6.07) is 8.19. The van der Waals surface area contributed by atoms with Gasteiger partial charge in [-0.15, -0.1) is 0 Å². The van der Waals surface area contributed by atoms with Gasteiger partial charge in [-0.05, 0) is 25.5 Å². The lowest BCUT2D eigenvalue weighted by atomic mass is 9.79. The molecule has 0 saturated heterocycles. The lowest BCUT2D eigenvalue weighted by Gasteiger charge is -2.22. The summed E-state index contributed by atoms with van der Waals surface area (Å²) in [7, 11) is 1.46. The second-order valence-corrected chi connectivity index (χ2v) is 5.28. The van der Waals surface area contributed by atoms with Crippen molar-refractivity contribution in [3.8, 4) is 5.75 Å². The number of carbonyl (C=O) groups excluding carboxylic acids is 3. The third-order valence-electron chi connectivity index (χ3n) is 3.96. The molecule has 0 aliphatic heterocycles. The predicted octanol–water partition coefficient (Wildman–Crippen LogP) is 2.98. The van der Waals surface area contributed by atoms with Crippen molar-refractivity contribution in [1.29, 1.82) is 0 Å². The van der Waals surface area contributed by atoms with Crippen molar-refractivity contribution < 1.29 is 19.1 Å². The van der Waals surface area contributed by atoms with Crippen molar-refractivity contribution in [2.45, 2.75) is 13.8 Å². The average molecular weight is 294 g/mol. The number of aryl methyl sites for hydroxylation is 1. The summed E-state index contributed by atoms with van der Waals surface area (Å²) >= 11 is 0. The Hall–Kier alpha value is -2.75. The van der Waals surface area contributed by atoms with E-state index < -0.39 is 0 Å². The first kappa shape index (κ1) is 14.2. The number of ketones is 3. The van der Waals surface area contributed by atoms with Gasteiger partial charge in [0.05, 0.1) is 12.7 Å². The topological polar surface area (TPSA) is 60.4 Å². The molecule has 0 unspecified atom stereocenters. The van der Waals surface area contributed by atoms with Crippen molar-refractivity contribution in [3.63, 3.8) is 0 Å². The third-order valence-corrected chi connectivity index (χ3v) is 3.96. The molecule has 1 aliphatic carbocycles. The minimum Gasteiger partial charge on any atom is -0.496 e. The van der Waals surface area contributed by atoms with E-state index in [1.165, 1.54) is 14.0 Å². The van der Waals surface area contributed by atoms with E-state index in [0.29, 0.717) is 16.9 Å². The van der Waals surface area contributed by atoms with Gasteiger partial charge in [0.15, 0.2) is 17.3 Å². The van der Waals surface area contributed by atoms with Crippen LogP contribution in [0.25, 0.3) is 0 Å². The van der Waals surface area contributed by atoms with E-state index >= 15 is 0 Å². The number of carbonyl (C=O) groups is 3. The molecular weight excluding hydrogens is 280 g/mol. The summed E-state index contributed by atoms with van der Waals surface area (Å²) in [5, 5.41) is 0. The van der Waals surface area contributed by atoms with Crippen molar-refractivity contribution >= 4 is 17.3 Å². The molecule has 0 radical (unpaired) electrons. The highest BCUT2D eigenvalue weighted by molar-refractivity contribution is 6.32. The highest BCUT2D eigenvalue weighted by Gasteiger charge is 2.35. The highest BCUT2D eigenvalue weighted by Crippen LogP contribution is 2.36. The molecule has 0 atom stereocenters. The van der Waals surface area contributed by atoms with Gasteiger partial charge in [-0.1, -0.05) is 24.3 Å². The second kappa shape index (κ2) is 4.91. The van der Waals surface area contributed by atoms with E-state index in [1.807, 2.05) is 0 Å². The largest absolute Gasteiger partial charge is 0.496 e. The second-order valence-electron chi connectivity index (χ2n) is 5.28. The number of hydrogen-bond donors (Lipinski definition) is 0. The van der Waals surface area contributed by atoms with Crippen LogP contribution in [0.5, 0.6) is 5.75 Å². The Labute approximate surface area is 127 Å². The van der Waals surface area contributed by atoms with E-state index in [9.17, 15) is 14.4 Å². The first-order valence-corrected chi connectivity index (χ1v) is 6.88. The Bertz CT molecular complexity index is 846. The van der Waals surface area contributed by atoms with E-state index in [-0.39, 0.29) is 39.6 Å². The van der Waals surface area contributed by atoms with Crippen LogP contribution in [0.2, 0.25) is 0 Å². The van der Waals surface area contributed by atoms with Crippen molar-refractivity contribution in [2.75, 3.05) is 7.11 Å². The zero-order valence-corrected chi connectivity index (χ0v) is 12.5. The summed E-state index contributed by atoms with van der Waals surface area (Å²) in [6.07, 6.45) is 0. The Morgan fingerprint density at radius 1 is 0.955 bits per heavy atom. The molecule has 4 nitrogen and oxygen atoms in total. The van der Waals surface area contributed by atoms with E-state index in [1.54, 1.807) is 37.3 Å². The summed E-state index contributed by atoms with van der Waals surface area (Å²) < 4.78 is 5.24. The smallest absolute Gasteiger partial charge is 0.198 e. The molecule has 0 bridgehead atoms. The number of rotatable bonds is 2. The van der Waals surface area contributed by atoms with Gasteiger partial charge < -0.3 is 4.74 Å². The molecule has 0 spiro atoms. The van der Waals surface area contributed by atoms with Gasteiger partial charge in [-0.2, -0.15) is 0 Å². The van der Waals surface area contributed by atoms with Crippen LogP contribution in [0.15, 0.2) is 30.3 Å². The van der Waals surface area contributed by atoms with Gasteiger partial charge in [0.2, 0.25) is 0 Å². The van der Waals surface area contributed by atoms with Crippen molar-refractivity contribution in [2.24, 2.45) is 0 Å². The monoisotopic (exact) mass is 294 g/mol. The van der Waals surface area contributed by atoms with Crippen LogP contribution in [0, 0.1) is 6.92 Å². The number of fused-ring (bicyclic) bond motifs is 2. The van der Waals surface area contributed by atoms with Crippen LogP contribution in [0.1, 0.15) is 54.7 Å². The quantitative estimate of drug-likeness (QED) is 0.682. The van der Waals surface area contributed by atoms with Gasteiger partial charge >= 0.3 is 0 Å². The van der Waals surface area contributed by atoms with E-state index in [0.717, 1.165) is 0 Å². The van der Waals surface area contributed by atoms with Crippen LogP contribution in [-0.4, -0.2) is 24.5 Å². The number of Topliss-reactive ketones (excluding diaryl/α,β-unsaturated/α-hetero) is 1. The Morgan fingerprint density at radius 2 is 1.68 bits per heavy atom. The zero-order valence-electron chi connectivity index (χ0n) is 12.5. The standard InChI is InChI=1S/C18H14O4/c1-9-7-8-13(22-3)16-14(9)18(21)15-11(10(2)19)5-4-6-12(15)17(16)20/h4-8H,1-3H3. The van der Waals surface area contributed by atoms with Gasteiger partial charge in [0.25, 0.3) is 0 Å². The SMILES string of the molecule is COc1ccc(C)c2c1C(=O)c1cccc(C(C)=O)c1C2=O. The van der Waals surface area contributed by atoms with Crippen molar-refractivity contribution in [3.05, 3.63) is 63.7 Å². The summed E-state index contributed by atoms with van der Waals surface area (Å²) in [4.78, 5) is 37.5. The minimum atomic E-state index is -0.299. The molecule has 110 valence electrons. The maximum Gasteiger partial charge on any atom is 0.198 e. The summed E-state index contributed by atoms with van der Waals surface area (Å²) in [6.45, 7) is 3.16. The molecule has 2 aromatic rings. The maximum absolute atomic E-state index is 12.9. The lowest BCUT2D eigenvalue weighted by molar-refractivity contribution is 0.0965. The van der Waals surface area contributed by atoms with E-state index in [2.05, 4.69) is 0 Å². The number of methoxy groups -OCH3 is 1. The molecule has 0 saturated carbocycles. The Morgan fingerprint density at radius 3 is 2.32 bits per heavy atom. The molecule has 0 heterocycles. The fourth-order valence-electron chi connectivity index (χ4n) is 2.92. The van der Waals surface area contributed by atoms with Crippen LogP contribution in [0.3, 0.4) is 0 Å². The number of hydrogen-bond acceptors (Lipinski definition) is 4. The molecular formula is C18H14O4. The Balaban J connectivity index is 2.40. The third kappa shape index (κ3) is 1.80. The normalized spacial score (nSPS) is 12.7. The average Bonchev–Trinajstić information content (AvgIpc) is 2.51. The van der Waals surface area contributed by atoms with Crippen LogP contribution >= 0.6 is 0 Å². The van der Waals surface area contributed by atoms with Crippen LogP contribution in [0.4, 0.5) is 0 Å². The molecule has 2 aromatic carbocycles. The maximum atomic E-state index is 12.9. The molecule has 1 aliphatic rings. The molecule has 0 amide bonds. The summed E-state index contributed by atoms with van der Waals surface area (Å²) in [5.74, 6) is -0.445. The highest BCUT2D eigenvalue weighted by atomic mass is 16.5. The molecule has 0 N–H and O–H groups in total. The number of benzene rings is 2. The molecule has 0 aromatic heterocycles. The minimum absolute atomic E-state index is 0.198. The van der Waals surface area contributed by atoms with Crippen LogP contribution < -0.4 is 4.74 Å². The van der Waals surface area contributed by atoms with Crippen LogP contribution in [-0.2, 0) is 0 Å². The van der Waals surface area contributed by atoms with Gasteiger partial charge in [0.1, 0.15) is 5.75 Å². The predicted molar refractivity (Wildman–Crippen MR) is 81.0 cm³/mol. The van der Waals surface area contributed by atoms with Gasteiger partial charge in [-0.25, -0.2) is 0 Å². The van der Waals surface area contributed by atoms with Gasteiger partial charge in [0, 0.05) is 22.3 Å². The summed E-state index contributed by atoms with van der Waals surface area (Å²) in [5.41, 5.74) is 2.03. The lowest BCUT2D eigenvalue weighted by Crippen LogP contribution is -2.25. The Kier molecular flexibility index (Phi) is 3.17. The number of ether oxygens (including phenoxy) is 1. The van der Waals surface area contributed by atoms with E-state index in [4.69, 9.17) is 4.74 Å². The molecule has 0 fully saturated rings. The zero-order chi connectivity index (χ0) is 16.0. The first-order valence-electron chi connectivity index (χ1n) is 6.88. The fourth-order valence-corrected chi connectivity index (χ4v) is 2.92. The molecule has 22 heavy (non-hydrogen) atoms. The van der Waals surface area contributed by atoms with Crippen molar-refractivity contribution in [1.82, 2.24) is 0 Å². The fraction of sp³-hybridized carbons (Fsp3) is 0.167. The first-order chi connectivity index (χ1) is 10.5. The molecule has 3 rings (SSSR count). The van der Waals surface area contributed by atoms with Gasteiger partial charge in [-0.3, -0.25) is 14.4 Å². The molecule has 4 heteroatoms.